The van der Waals surface area contributed by atoms with Crippen LogP contribution in [-0.2, 0) is 16.1 Å². The van der Waals surface area contributed by atoms with Gasteiger partial charge in [0.1, 0.15) is 0 Å². The second-order valence-electron chi connectivity index (χ2n) is 6.63. The van der Waals surface area contributed by atoms with Crippen LogP contribution in [0.2, 0.25) is 0 Å². The summed E-state index contributed by atoms with van der Waals surface area (Å²) >= 11 is 0. The molecular weight excluding hydrogens is 443 g/mol. The van der Waals surface area contributed by atoms with Crippen molar-refractivity contribution in [3.8, 4) is 34.8 Å². The predicted molar refractivity (Wildman–Crippen MR) is 112 cm³/mol. The van der Waals surface area contributed by atoms with Crippen molar-refractivity contribution in [3.63, 3.8) is 0 Å². The van der Waals surface area contributed by atoms with E-state index in [4.69, 9.17) is 23.7 Å². The Morgan fingerprint density at radius 1 is 1.03 bits per heavy atom. The summed E-state index contributed by atoms with van der Waals surface area (Å²) in [6.45, 7) is -0.335. The Bertz CT molecular complexity index is 1130. The second-order valence-corrected chi connectivity index (χ2v) is 6.63. The average Bonchev–Trinajstić information content (AvgIpc) is 3.25. The largest absolute Gasteiger partial charge is 0.504 e. The third kappa shape index (κ3) is 5.63. The molecule has 0 spiro atoms. The standard InChI is InChI=1S/C23H20F3NO6/c1-29-7-6-16-10-21-20(32-13-33-21)9-14(16)4-5-15-8-18(30-2)19(31-3)11-17(15)12-27-22(28)23(24,25)26/h6-11H,12-13H2,1-3H3,(H,27,28)/b7-6+. The fourth-order valence-electron chi connectivity index (χ4n) is 2.94. The number of hydrogen-bond donors (Lipinski definition) is 1. The molecule has 174 valence electrons. The predicted octanol–water partition coefficient (Wildman–Crippen LogP) is 3.63. The van der Waals surface area contributed by atoms with Crippen molar-refractivity contribution in [1.82, 2.24) is 5.32 Å². The maximum Gasteiger partial charge on any atom is 0.471 e. The molecule has 7 nitrogen and oxygen atoms in total. The van der Waals surface area contributed by atoms with Gasteiger partial charge in [0, 0.05) is 23.7 Å². The highest BCUT2D eigenvalue weighted by molar-refractivity contribution is 5.81. The van der Waals surface area contributed by atoms with Crippen molar-refractivity contribution in [3.05, 3.63) is 52.8 Å². The molecule has 1 N–H and O–H groups in total. The molecule has 1 heterocycles. The minimum Gasteiger partial charge on any atom is -0.504 e. The molecule has 1 aliphatic heterocycles. The molecular formula is C23H20F3NO6. The SMILES string of the molecule is CO/C=C/c1cc2c(cc1C#Cc1cc(OC)c(OC)cc1CNC(=O)C(F)(F)F)OCO2. The summed E-state index contributed by atoms with van der Waals surface area (Å²) in [5.74, 6) is 5.55. The number of alkyl halides is 3. The van der Waals surface area contributed by atoms with E-state index in [1.54, 1.807) is 18.2 Å². The van der Waals surface area contributed by atoms with Gasteiger partial charge in [-0.2, -0.15) is 13.2 Å². The molecule has 0 bridgehead atoms. The van der Waals surface area contributed by atoms with Gasteiger partial charge in [0.15, 0.2) is 23.0 Å². The third-order valence-corrected chi connectivity index (χ3v) is 4.57. The number of ether oxygens (including phenoxy) is 5. The average molecular weight is 463 g/mol. The lowest BCUT2D eigenvalue weighted by atomic mass is 10.0. The topological polar surface area (TPSA) is 75.2 Å². The van der Waals surface area contributed by atoms with Crippen LogP contribution in [-0.4, -0.2) is 40.2 Å². The van der Waals surface area contributed by atoms with Crippen LogP contribution in [0, 0.1) is 11.8 Å². The van der Waals surface area contributed by atoms with E-state index in [1.165, 1.54) is 39.7 Å². The number of amides is 1. The fraction of sp³-hybridized carbons (Fsp3) is 0.261. The van der Waals surface area contributed by atoms with Gasteiger partial charge in [-0.3, -0.25) is 4.79 Å². The quantitative estimate of drug-likeness (QED) is 0.521. The van der Waals surface area contributed by atoms with Gasteiger partial charge in [0.2, 0.25) is 6.79 Å². The molecule has 2 aromatic carbocycles. The monoisotopic (exact) mass is 463 g/mol. The number of benzene rings is 2. The van der Waals surface area contributed by atoms with E-state index in [1.807, 2.05) is 5.32 Å². The highest BCUT2D eigenvalue weighted by atomic mass is 19.4. The van der Waals surface area contributed by atoms with Gasteiger partial charge in [-0.05, 0) is 35.4 Å². The van der Waals surface area contributed by atoms with Crippen LogP contribution < -0.4 is 24.3 Å². The lowest BCUT2D eigenvalue weighted by molar-refractivity contribution is -0.173. The molecule has 0 aromatic heterocycles. The van der Waals surface area contributed by atoms with E-state index < -0.39 is 18.6 Å². The Morgan fingerprint density at radius 2 is 1.67 bits per heavy atom. The zero-order valence-electron chi connectivity index (χ0n) is 18.0. The number of halogens is 3. The van der Waals surface area contributed by atoms with Crippen LogP contribution in [0.5, 0.6) is 23.0 Å². The van der Waals surface area contributed by atoms with Gasteiger partial charge < -0.3 is 29.0 Å². The summed E-state index contributed by atoms with van der Waals surface area (Å²) in [6, 6.07) is 6.42. The molecule has 10 heteroatoms. The second kappa shape index (κ2) is 10.1. The molecule has 0 fully saturated rings. The number of nitrogens with one attached hydrogen (secondary N) is 1. The summed E-state index contributed by atoms with van der Waals surface area (Å²) < 4.78 is 64.1. The summed E-state index contributed by atoms with van der Waals surface area (Å²) in [7, 11) is 4.31. The normalized spacial score (nSPS) is 12.2. The maximum atomic E-state index is 12.6. The van der Waals surface area contributed by atoms with Crippen LogP contribution in [0.4, 0.5) is 13.2 Å². The van der Waals surface area contributed by atoms with Crippen LogP contribution in [0.1, 0.15) is 22.3 Å². The number of hydrogen-bond acceptors (Lipinski definition) is 6. The summed E-state index contributed by atoms with van der Waals surface area (Å²) in [4.78, 5) is 11.3. The molecule has 2 aromatic rings. The van der Waals surface area contributed by atoms with Crippen LogP contribution in [0.25, 0.3) is 6.08 Å². The Kier molecular flexibility index (Phi) is 7.23. The number of fused-ring (bicyclic) bond motifs is 1. The minimum absolute atomic E-state index is 0.0817. The molecule has 0 saturated heterocycles. The zero-order chi connectivity index (χ0) is 24.0. The summed E-state index contributed by atoms with van der Waals surface area (Å²) in [5, 5.41) is 1.85. The summed E-state index contributed by atoms with van der Waals surface area (Å²) in [5.41, 5.74) is 1.90. The lowest BCUT2D eigenvalue weighted by Crippen LogP contribution is -2.36. The minimum atomic E-state index is -5.00. The Balaban J connectivity index is 2.03. The smallest absolute Gasteiger partial charge is 0.471 e. The molecule has 0 aliphatic carbocycles. The van der Waals surface area contributed by atoms with Gasteiger partial charge >= 0.3 is 12.1 Å². The number of carbonyl (C=O) groups excluding carboxylic acids is 1. The molecule has 1 aliphatic rings. The van der Waals surface area contributed by atoms with Gasteiger partial charge in [-0.15, -0.1) is 0 Å². The van der Waals surface area contributed by atoms with E-state index in [-0.39, 0.29) is 12.5 Å². The molecule has 0 saturated carbocycles. The highest BCUT2D eigenvalue weighted by Crippen LogP contribution is 2.35. The van der Waals surface area contributed by atoms with Gasteiger partial charge in [0.25, 0.3) is 0 Å². The molecule has 0 atom stereocenters. The van der Waals surface area contributed by atoms with Crippen LogP contribution in [0.3, 0.4) is 0 Å². The third-order valence-electron chi connectivity index (χ3n) is 4.57. The van der Waals surface area contributed by atoms with E-state index in [0.29, 0.717) is 39.5 Å². The lowest BCUT2D eigenvalue weighted by Gasteiger charge is -2.13. The van der Waals surface area contributed by atoms with Gasteiger partial charge in [0.05, 0.1) is 27.6 Å². The maximum absolute atomic E-state index is 12.6. The summed E-state index contributed by atoms with van der Waals surface area (Å²) in [6.07, 6.45) is -1.85. The first-order valence-corrected chi connectivity index (χ1v) is 9.51. The van der Waals surface area contributed by atoms with Crippen molar-refractivity contribution in [2.24, 2.45) is 0 Å². The Morgan fingerprint density at radius 3 is 2.30 bits per heavy atom. The first-order valence-electron chi connectivity index (χ1n) is 9.51. The highest BCUT2D eigenvalue weighted by Gasteiger charge is 2.38. The van der Waals surface area contributed by atoms with Crippen LogP contribution in [0.15, 0.2) is 30.5 Å². The van der Waals surface area contributed by atoms with Crippen molar-refractivity contribution in [2.75, 3.05) is 28.1 Å². The molecule has 1 amide bonds. The van der Waals surface area contributed by atoms with E-state index in [9.17, 15) is 18.0 Å². The van der Waals surface area contributed by atoms with Crippen LogP contribution >= 0.6 is 0 Å². The fourth-order valence-corrected chi connectivity index (χ4v) is 2.94. The number of methoxy groups -OCH3 is 3. The number of carbonyl (C=O) groups is 1. The Labute approximate surface area is 188 Å². The Hall–Kier alpha value is -4.00. The van der Waals surface area contributed by atoms with Gasteiger partial charge in [-0.1, -0.05) is 11.8 Å². The molecule has 0 radical (unpaired) electrons. The van der Waals surface area contributed by atoms with Crippen molar-refractivity contribution in [2.45, 2.75) is 12.7 Å². The van der Waals surface area contributed by atoms with Gasteiger partial charge in [-0.25, -0.2) is 0 Å². The molecule has 0 unspecified atom stereocenters. The van der Waals surface area contributed by atoms with Crippen molar-refractivity contribution in [1.29, 1.82) is 0 Å². The zero-order valence-corrected chi connectivity index (χ0v) is 18.0. The van der Waals surface area contributed by atoms with E-state index in [2.05, 4.69) is 11.8 Å². The first kappa shape index (κ1) is 23.7. The number of rotatable bonds is 6. The van der Waals surface area contributed by atoms with E-state index >= 15 is 0 Å². The first-order chi connectivity index (χ1) is 15.8. The van der Waals surface area contributed by atoms with Crippen molar-refractivity contribution >= 4 is 12.0 Å². The van der Waals surface area contributed by atoms with Crippen molar-refractivity contribution < 1.29 is 41.7 Å². The molecule has 33 heavy (non-hydrogen) atoms. The molecule has 3 rings (SSSR count). The van der Waals surface area contributed by atoms with E-state index in [0.717, 1.165) is 0 Å².